The third-order valence-electron chi connectivity index (χ3n) is 6.99. The van der Waals surface area contributed by atoms with Crippen LogP contribution in [0.25, 0.3) is 10.4 Å². The number of sulfonamides is 1. The highest BCUT2D eigenvalue weighted by molar-refractivity contribution is 7.89. The third kappa shape index (κ3) is 5.95. The average Bonchev–Trinajstić information content (AvgIpc) is 2.88. The number of phenols is 1. The van der Waals surface area contributed by atoms with Gasteiger partial charge in [-0.3, -0.25) is 9.59 Å². The van der Waals surface area contributed by atoms with Crippen molar-refractivity contribution in [1.29, 1.82) is 0 Å². The number of azide groups is 1. The molecule has 0 aromatic heterocycles. The maximum absolute atomic E-state index is 14.2. The highest BCUT2D eigenvalue weighted by atomic mass is 35.5. The predicted octanol–water partition coefficient (Wildman–Crippen LogP) is 5.04. The molecule has 11 nitrogen and oxygen atoms in total. The smallest absolute Gasteiger partial charge is 0.315 e. The van der Waals surface area contributed by atoms with Crippen LogP contribution in [0, 0.1) is 0 Å². The number of phenolic OH excluding ortho intramolecular Hbond substituents is 1. The second-order valence-electron chi connectivity index (χ2n) is 9.35. The minimum atomic E-state index is -4.03. The number of fused-ring (bicyclic) bond motifs is 1. The van der Waals surface area contributed by atoms with Crippen LogP contribution in [0.4, 0.5) is 0 Å². The summed E-state index contributed by atoms with van der Waals surface area (Å²) in [7, 11) is -4.03. The van der Waals surface area contributed by atoms with Crippen LogP contribution in [-0.2, 0) is 19.6 Å². The quantitative estimate of drug-likeness (QED) is 0.188. The van der Waals surface area contributed by atoms with Gasteiger partial charge in [-0.1, -0.05) is 59.4 Å². The largest absolute Gasteiger partial charge is 0.507 e. The van der Waals surface area contributed by atoms with Gasteiger partial charge in [0.2, 0.25) is 10.0 Å². The number of carbonyl (C=O) groups excluding carboxylic acids is 2. The number of hydrogen-bond donors (Lipinski definition) is 2. The summed E-state index contributed by atoms with van der Waals surface area (Å²) in [5.74, 6) is -3.28. The van der Waals surface area contributed by atoms with Gasteiger partial charge >= 0.3 is 5.97 Å². The topological polar surface area (TPSA) is 162 Å². The highest BCUT2D eigenvalue weighted by Gasteiger charge is 2.50. The number of ether oxygens (including phenoxy) is 1. The molecule has 0 radical (unpaired) electrons. The summed E-state index contributed by atoms with van der Waals surface area (Å²) in [6.45, 7) is 1.73. The zero-order chi connectivity index (χ0) is 28.3. The minimum Gasteiger partial charge on any atom is -0.507 e. The lowest BCUT2D eigenvalue weighted by atomic mass is 9.76. The lowest BCUT2D eigenvalue weighted by molar-refractivity contribution is -0.147. The van der Waals surface area contributed by atoms with Crippen molar-refractivity contribution in [2.75, 3.05) is 12.5 Å². The van der Waals surface area contributed by atoms with E-state index in [1.165, 1.54) is 17.0 Å². The van der Waals surface area contributed by atoms with E-state index in [9.17, 15) is 23.1 Å². The number of hydrogen-bond acceptors (Lipinski definition) is 7. The van der Waals surface area contributed by atoms with Crippen molar-refractivity contribution < 1.29 is 27.9 Å². The van der Waals surface area contributed by atoms with Gasteiger partial charge in [-0.05, 0) is 49.1 Å². The molecule has 1 fully saturated rings. The van der Waals surface area contributed by atoms with Crippen molar-refractivity contribution in [3.8, 4) is 5.75 Å². The Kier molecular flexibility index (Phi) is 8.93. The SMILES string of the molecule is CCOC(=O)[C@@H]1c2ccccc2C(=O)N([C@H]2CCCC[C@@H]2NS(=O)(=O)CN=[N+]=[N-])[C@H]1c1c(O)cc(Cl)cc1Cl. The van der Waals surface area contributed by atoms with E-state index in [2.05, 4.69) is 14.7 Å². The third-order valence-corrected chi connectivity index (χ3v) is 8.64. The molecule has 2 aromatic rings. The van der Waals surface area contributed by atoms with Crippen LogP contribution < -0.4 is 4.72 Å². The number of benzene rings is 2. The number of rotatable bonds is 8. The van der Waals surface area contributed by atoms with Crippen molar-refractivity contribution in [3.05, 3.63) is 73.6 Å². The minimum absolute atomic E-state index is 0.0350. The van der Waals surface area contributed by atoms with Crippen molar-refractivity contribution in [3.63, 3.8) is 0 Å². The fourth-order valence-electron chi connectivity index (χ4n) is 5.53. The Hall–Kier alpha value is -3.02. The Bertz CT molecular complexity index is 1410. The van der Waals surface area contributed by atoms with Crippen LogP contribution >= 0.6 is 23.2 Å². The first kappa shape index (κ1) is 29.0. The van der Waals surface area contributed by atoms with Gasteiger partial charge in [0.05, 0.1) is 17.7 Å². The Balaban J connectivity index is 1.93. The standard InChI is InChI=1S/C25H27Cl2N5O6S/c1-2-38-25(35)21-15-7-3-4-8-16(15)24(34)32(23(21)22-17(27)11-14(26)12-20(22)33)19-10-6-5-9-18(19)30-39(36,37)13-29-31-28/h3-4,7-8,11-12,18-19,21,23,30,33H,2,5-6,9-10,13H2,1H3/t18-,19-,21+,23+/m0/s1. The first-order valence-corrected chi connectivity index (χ1v) is 14.8. The molecule has 2 aliphatic rings. The molecule has 2 aromatic carbocycles. The van der Waals surface area contributed by atoms with Crippen molar-refractivity contribution in [2.45, 2.75) is 56.7 Å². The van der Waals surface area contributed by atoms with Gasteiger partial charge in [-0.15, -0.1) is 0 Å². The summed E-state index contributed by atoms with van der Waals surface area (Å²) < 4.78 is 33.4. The molecule has 1 aliphatic heterocycles. The summed E-state index contributed by atoms with van der Waals surface area (Å²) >= 11 is 12.7. The van der Waals surface area contributed by atoms with Crippen LogP contribution in [0.3, 0.4) is 0 Å². The van der Waals surface area contributed by atoms with Crippen molar-refractivity contribution in [2.24, 2.45) is 5.11 Å². The summed E-state index contributed by atoms with van der Waals surface area (Å²) in [5.41, 5.74) is 9.37. The Labute approximate surface area is 235 Å². The van der Waals surface area contributed by atoms with Crippen LogP contribution in [0.1, 0.15) is 66.1 Å². The summed E-state index contributed by atoms with van der Waals surface area (Å²) in [4.78, 5) is 31.7. The molecule has 0 saturated heterocycles. The molecule has 14 heteroatoms. The Morgan fingerprint density at radius 1 is 1.26 bits per heavy atom. The molecular weight excluding hydrogens is 569 g/mol. The number of nitrogens with zero attached hydrogens (tertiary/aromatic N) is 4. The number of amides is 1. The molecular formula is C25H27Cl2N5O6S. The molecule has 2 N–H and O–H groups in total. The Morgan fingerprint density at radius 3 is 2.67 bits per heavy atom. The van der Waals surface area contributed by atoms with Gasteiger partial charge in [-0.25, -0.2) is 13.1 Å². The summed E-state index contributed by atoms with van der Waals surface area (Å²) in [6, 6.07) is 6.68. The molecule has 0 bridgehead atoms. The lowest BCUT2D eigenvalue weighted by Crippen LogP contribution is -2.59. The lowest BCUT2D eigenvalue weighted by Gasteiger charge is -2.49. The second-order valence-corrected chi connectivity index (χ2v) is 11.9. The first-order valence-electron chi connectivity index (χ1n) is 12.4. The van der Waals surface area contributed by atoms with Crippen molar-refractivity contribution >= 4 is 45.1 Å². The molecule has 208 valence electrons. The molecule has 4 atom stereocenters. The van der Waals surface area contributed by atoms with E-state index in [1.54, 1.807) is 31.2 Å². The number of esters is 1. The van der Waals surface area contributed by atoms with E-state index in [0.717, 1.165) is 0 Å². The molecule has 1 aliphatic carbocycles. The summed E-state index contributed by atoms with van der Waals surface area (Å²) in [6.07, 6.45) is 2.16. The van der Waals surface area contributed by atoms with Crippen molar-refractivity contribution in [1.82, 2.24) is 9.62 Å². The number of halogens is 2. The van der Waals surface area contributed by atoms with E-state index in [4.69, 9.17) is 33.5 Å². The molecule has 0 spiro atoms. The maximum Gasteiger partial charge on any atom is 0.315 e. The first-order chi connectivity index (χ1) is 18.6. The fraction of sp³-hybridized carbons (Fsp3) is 0.440. The molecule has 1 saturated carbocycles. The zero-order valence-corrected chi connectivity index (χ0v) is 23.3. The van der Waals surface area contributed by atoms with Gasteiger partial charge in [0.25, 0.3) is 5.91 Å². The van der Waals surface area contributed by atoms with E-state index in [-0.39, 0.29) is 33.5 Å². The zero-order valence-electron chi connectivity index (χ0n) is 21.0. The van der Waals surface area contributed by atoms with Crippen LogP contribution in [0.2, 0.25) is 10.0 Å². The van der Waals surface area contributed by atoms with Gasteiger partial charge in [0, 0.05) is 33.1 Å². The van der Waals surface area contributed by atoms with E-state index in [1.807, 2.05) is 0 Å². The normalized spacial score (nSPS) is 23.1. The van der Waals surface area contributed by atoms with Crippen LogP contribution in [0.15, 0.2) is 41.5 Å². The molecule has 39 heavy (non-hydrogen) atoms. The molecule has 4 rings (SSSR count). The van der Waals surface area contributed by atoms with Gasteiger partial charge in [-0.2, -0.15) is 0 Å². The number of nitrogens with one attached hydrogen (secondary N) is 1. The molecule has 1 amide bonds. The maximum atomic E-state index is 14.2. The van der Waals surface area contributed by atoms with E-state index >= 15 is 0 Å². The molecule has 0 unspecified atom stereocenters. The predicted molar refractivity (Wildman–Crippen MR) is 145 cm³/mol. The number of carbonyl (C=O) groups is 2. The van der Waals surface area contributed by atoms with E-state index < -0.39 is 51.8 Å². The van der Waals surface area contributed by atoms with Crippen LogP contribution in [-0.4, -0.2) is 54.9 Å². The van der Waals surface area contributed by atoms with E-state index in [0.29, 0.717) is 31.2 Å². The average molecular weight is 596 g/mol. The second kappa shape index (κ2) is 12.0. The monoisotopic (exact) mass is 595 g/mol. The number of aromatic hydroxyl groups is 1. The highest BCUT2D eigenvalue weighted by Crippen LogP contribution is 2.50. The van der Waals surface area contributed by atoms with Gasteiger partial charge in [0.15, 0.2) is 0 Å². The Morgan fingerprint density at radius 2 is 1.97 bits per heavy atom. The van der Waals surface area contributed by atoms with Crippen LogP contribution in [0.5, 0.6) is 5.75 Å². The fourth-order valence-corrected chi connectivity index (χ4v) is 7.13. The van der Waals surface area contributed by atoms with Gasteiger partial charge in [0.1, 0.15) is 17.5 Å². The van der Waals surface area contributed by atoms with Gasteiger partial charge < -0.3 is 14.7 Å². The molecule has 1 heterocycles. The summed E-state index contributed by atoms with van der Waals surface area (Å²) in [5, 5.41) is 14.4.